The third-order valence-corrected chi connectivity index (χ3v) is 8.90. The Balaban J connectivity index is 1.23. The molecular weight excluding hydrogens is 511 g/mol. The maximum Gasteiger partial charge on any atom is 0.393 e. The summed E-state index contributed by atoms with van der Waals surface area (Å²) < 4.78 is 43.0. The van der Waals surface area contributed by atoms with Crippen LogP contribution in [-0.2, 0) is 17.8 Å². The molecular formula is C27H32F3N7O2. The summed E-state index contributed by atoms with van der Waals surface area (Å²) in [5, 5.41) is 14.4. The van der Waals surface area contributed by atoms with Crippen molar-refractivity contribution in [2.45, 2.75) is 70.6 Å². The van der Waals surface area contributed by atoms with Gasteiger partial charge in [-0.15, -0.1) is 0 Å². The zero-order chi connectivity index (χ0) is 27.4. The zero-order valence-corrected chi connectivity index (χ0v) is 21.7. The second kappa shape index (κ2) is 9.63. The first-order valence-electron chi connectivity index (χ1n) is 13.7. The number of nitrogens with one attached hydrogen (secondary N) is 2. The Labute approximate surface area is 223 Å². The minimum absolute atomic E-state index is 0.105. The van der Waals surface area contributed by atoms with Crippen LogP contribution in [0.5, 0.6) is 0 Å². The highest BCUT2D eigenvalue weighted by molar-refractivity contribution is 5.92. The Morgan fingerprint density at radius 2 is 2.05 bits per heavy atom. The smallest absolute Gasteiger partial charge is 0.355 e. The number of nitrogens with zero attached hydrogens (tertiary/aromatic N) is 5. The van der Waals surface area contributed by atoms with Crippen LogP contribution in [0.25, 0.3) is 5.65 Å². The fourth-order valence-electron chi connectivity index (χ4n) is 6.58. The Kier molecular flexibility index (Phi) is 6.38. The summed E-state index contributed by atoms with van der Waals surface area (Å²) in [5.74, 6) is -2.70. The first-order chi connectivity index (χ1) is 18.6. The molecule has 0 radical (unpaired) electrons. The third-order valence-electron chi connectivity index (χ3n) is 8.90. The molecule has 6 rings (SSSR count). The zero-order valence-electron chi connectivity index (χ0n) is 21.7. The molecule has 1 saturated heterocycles. The second-order valence-corrected chi connectivity index (χ2v) is 11.4. The average molecular weight is 544 g/mol. The lowest BCUT2D eigenvalue weighted by atomic mass is 9.50. The van der Waals surface area contributed by atoms with Crippen molar-refractivity contribution in [3.05, 3.63) is 47.7 Å². The van der Waals surface area contributed by atoms with E-state index >= 15 is 0 Å². The lowest BCUT2D eigenvalue weighted by molar-refractivity contribution is -0.183. The number of fused-ring (bicyclic) bond motifs is 1. The van der Waals surface area contributed by atoms with Crippen molar-refractivity contribution in [1.29, 1.82) is 0 Å². The summed E-state index contributed by atoms with van der Waals surface area (Å²) in [6.07, 6.45) is 4.68. The number of amides is 2. The van der Waals surface area contributed by atoms with Gasteiger partial charge in [0.25, 0.3) is 5.91 Å². The molecule has 3 fully saturated rings. The maximum absolute atomic E-state index is 13.2. The topological polar surface area (TPSA) is 106 Å². The normalized spacial score (nSPS) is 23.7. The van der Waals surface area contributed by atoms with E-state index in [1.807, 2.05) is 6.92 Å². The number of alkyl halides is 3. The van der Waals surface area contributed by atoms with Crippen molar-refractivity contribution in [3.8, 4) is 0 Å². The van der Waals surface area contributed by atoms with E-state index in [0.717, 1.165) is 12.8 Å². The fraction of sp³-hybridized carbons (Fsp3) is 0.593. The van der Waals surface area contributed by atoms with Crippen molar-refractivity contribution < 1.29 is 22.8 Å². The molecule has 0 aromatic carbocycles. The summed E-state index contributed by atoms with van der Waals surface area (Å²) in [6.45, 7) is 2.13. The largest absolute Gasteiger partial charge is 0.393 e. The van der Waals surface area contributed by atoms with Crippen molar-refractivity contribution in [2.24, 2.45) is 23.2 Å². The van der Waals surface area contributed by atoms with Crippen LogP contribution in [0.15, 0.2) is 30.6 Å². The van der Waals surface area contributed by atoms with Crippen LogP contribution in [-0.4, -0.2) is 48.9 Å². The molecule has 3 aliphatic rings. The minimum atomic E-state index is -4.35. The summed E-state index contributed by atoms with van der Waals surface area (Å²) in [7, 11) is 0. The standard InChI is InChI=1S/C27H32F3N7O2/c1-2-36-21(6-9-32-36)25(39)34-23(17-12-26(13-17)7-3-8-26)20-15-37-22(33-20)5-4-19(35-37)11-16-10-18(27(28,29)30)14-31-24(16)38/h4-6,9,15-18,23H,2-3,7-8,10-14H2,1H3,(H,31,38)(H,34,39)/t16?,18-,23+/m1/s1. The molecule has 2 saturated carbocycles. The molecule has 12 heteroatoms. The van der Waals surface area contributed by atoms with Crippen molar-refractivity contribution in [2.75, 3.05) is 6.54 Å². The molecule has 2 N–H and O–H groups in total. The maximum atomic E-state index is 13.2. The number of hydrogen-bond donors (Lipinski definition) is 2. The van der Waals surface area contributed by atoms with Gasteiger partial charge < -0.3 is 10.6 Å². The van der Waals surface area contributed by atoms with Gasteiger partial charge in [0.15, 0.2) is 5.65 Å². The van der Waals surface area contributed by atoms with Gasteiger partial charge >= 0.3 is 6.18 Å². The van der Waals surface area contributed by atoms with Crippen LogP contribution in [0.4, 0.5) is 13.2 Å². The van der Waals surface area contributed by atoms with Gasteiger partial charge in [-0.25, -0.2) is 9.50 Å². The number of rotatable bonds is 7. The predicted octanol–water partition coefficient (Wildman–Crippen LogP) is 3.85. The molecule has 3 atom stereocenters. The number of halogens is 3. The number of carbonyl (C=O) groups is 2. The van der Waals surface area contributed by atoms with Crippen LogP contribution in [0.1, 0.15) is 73.4 Å². The first-order valence-corrected chi connectivity index (χ1v) is 13.7. The lowest BCUT2D eigenvalue weighted by Gasteiger charge is -2.56. The molecule has 1 unspecified atom stereocenters. The van der Waals surface area contributed by atoms with Crippen LogP contribution in [0.2, 0.25) is 0 Å². The van der Waals surface area contributed by atoms with Crippen LogP contribution in [0, 0.1) is 23.2 Å². The predicted molar refractivity (Wildman–Crippen MR) is 134 cm³/mol. The quantitative estimate of drug-likeness (QED) is 0.471. The monoisotopic (exact) mass is 543 g/mol. The molecule has 3 aromatic heterocycles. The summed E-state index contributed by atoms with van der Waals surface area (Å²) in [5.41, 5.74) is 2.68. The molecule has 0 bridgehead atoms. The average Bonchev–Trinajstić information content (AvgIpc) is 3.49. The minimum Gasteiger partial charge on any atom is -0.355 e. The van der Waals surface area contributed by atoms with Gasteiger partial charge in [0, 0.05) is 31.6 Å². The summed E-state index contributed by atoms with van der Waals surface area (Å²) in [4.78, 5) is 30.3. The third kappa shape index (κ3) is 4.89. The molecule has 39 heavy (non-hydrogen) atoms. The molecule has 1 aliphatic heterocycles. The van der Waals surface area contributed by atoms with E-state index in [4.69, 9.17) is 4.98 Å². The number of piperidine rings is 1. The van der Waals surface area contributed by atoms with E-state index in [2.05, 4.69) is 20.8 Å². The first kappa shape index (κ1) is 25.8. The summed E-state index contributed by atoms with van der Waals surface area (Å²) >= 11 is 0. The van der Waals surface area contributed by atoms with Crippen molar-refractivity contribution in [3.63, 3.8) is 0 Å². The van der Waals surface area contributed by atoms with Crippen LogP contribution >= 0.6 is 0 Å². The van der Waals surface area contributed by atoms with Crippen LogP contribution < -0.4 is 10.6 Å². The van der Waals surface area contributed by atoms with Gasteiger partial charge in [0.2, 0.25) is 5.91 Å². The Morgan fingerprint density at radius 1 is 1.26 bits per heavy atom. The van der Waals surface area contributed by atoms with E-state index in [-0.39, 0.29) is 43.2 Å². The van der Waals surface area contributed by atoms with Gasteiger partial charge in [-0.3, -0.25) is 14.3 Å². The van der Waals surface area contributed by atoms with Crippen LogP contribution in [0.3, 0.4) is 0 Å². The van der Waals surface area contributed by atoms with Gasteiger partial charge in [-0.05, 0) is 68.6 Å². The molecule has 2 amide bonds. The highest BCUT2D eigenvalue weighted by atomic mass is 19.4. The van der Waals surface area contributed by atoms with Crippen molar-refractivity contribution in [1.82, 2.24) is 35.0 Å². The highest BCUT2D eigenvalue weighted by Gasteiger charge is 2.51. The van der Waals surface area contributed by atoms with E-state index in [0.29, 0.717) is 34.7 Å². The Hall–Kier alpha value is -3.44. The van der Waals surface area contributed by atoms with E-state index < -0.39 is 18.0 Å². The molecule has 2 aliphatic carbocycles. The van der Waals surface area contributed by atoms with Gasteiger partial charge in [-0.1, -0.05) is 6.42 Å². The number of aromatic nitrogens is 5. The second-order valence-electron chi connectivity index (χ2n) is 11.4. The number of aryl methyl sites for hydroxylation is 1. The lowest BCUT2D eigenvalue weighted by Crippen LogP contribution is -2.48. The SMILES string of the molecule is CCn1nccc1C(=O)N[C@H](c1cn2nc(CC3C[C@@H](C(F)(F)F)CNC3=O)ccc2n1)C1CC2(CCC2)C1. The highest BCUT2D eigenvalue weighted by Crippen LogP contribution is 2.61. The van der Waals surface area contributed by atoms with E-state index in [1.54, 1.807) is 39.8 Å². The van der Waals surface area contributed by atoms with E-state index in [9.17, 15) is 22.8 Å². The molecule has 4 heterocycles. The number of hydrogen-bond acceptors (Lipinski definition) is 5. The fourth-order valence-corrected chi connectivity index (χ4v) is 6.58. The van der Waals surface area contributed by atoms with E-state index in [1.165, 1.54) is 19.3 Å². The van der Waals surface area contributed by atoms with Crippen molar-refractivity contribution >= 4 is 17.5 Å². The molecule has 1 spiro atoms. The van der Waals surface area contributed by atoms with Gasteiger partial charge in [-0.2, -0.15) is 23.4 Å². The molecule has 208 valence electrons. The van der Waals surface area contributed by atoms with Gasteiger partial charge in [0.05, 0.1) is 29.5 Å². The summed E-state index contributed by atoms with van der Waals surface area (Å²) in [6, 6.07) is 4.86. The Morgan fingerprint density at radius 3 is 2.74 bits per heavy atom. The molecule has 9 nitrogen and oxygen atoms in total. The number of imidazole rings is 1. The Bertz CT molecular complexity index is 1390. The molecule has 3 aromatic rings. The van der Waals surface area contributed by atoms with Gasteiger partial charge in [0.1, 0.15) is 5.69 Å². The number of carbonyl (C=O) groups excluding carboxylic acids is 2.